The van der Waals surface area contributed by atoms with Gasteiger partial charge in [-0.1, -0.05) is 35.9 Å². The molecule has 4 heteroatoms. The highest BCUT2D eigenvalue weighted by Gasteiger charge is 2.13. The van der Waals surface area contributed by atoms with Gasteiger partial charge in [-0.3, -0.25) is 0 Å². The lowest BCUT2D eigenvalue weighted by Crippen LogP contribution is -2.13. The normalized spacial score (nSPS) is 12.4. The van der Waals surface area contributed by atoms with E-state index in [4.69, 9.17) is 11.6 Å². The van der Waals surface area contributed by atoms with E-state index in [1.807, 2.05) is 0 Å². The zero-order valence-electron chi connectivity index (χ0n) is 10.8. The van der Waals surface area contributed by atoms with Gasteiger partial charge in [0.05, 0.1) is 5.02 Å². The van der Waals surface area contributed by atoms with Gasteiger partial charge in [0.15, 0.2) is 0 Å². The number of aliphatic hydroxyl groups is 1. The molecule has 0 bridgehead atoms. The van der Waals surface area contributed by atoms with Crippen molar-refractivity contribution in [1.29, 1.82) is 0 Å². The number of halogens is 3. The minimum atomic E-state index is -0.456. The highest BCUT2D eigenvalue weighted by molar-refractivity contribution is 6.31. The van der Waals surface area contributed by atoms with Crippen LogP contribution in [0.25, 0.3) is 0 Å². The molecule has 0 aliphatic carbocycles. The Morgan fingerprint density at radius 1 is 1.00 bits per heavy atom. The monoisotopic (exact) mass is 296 g/mol. The summed E-state index contributed by atoms with van der Waals surface area (Å²) >= 11 is 5.91. The van der Waals surface area contributed by atoms with Crippen molar-refractivity contribution in [3.63, 3.8) is 0 Å². The van der Waals surface area contributed by atoms with Crippen molar-refractivity contribution in [2.45, 2.75) is 12.8 Å². The molecule has 2 aromatic rings. The molecule has 2 aromatic carbocycles. The minimum absolute atomic E-state index is 0.0375. The maximum absolute atomic E-state index is 13.4. The Morgan fingerprint density at radius 3 is 2.35 bits per heavy atom. The molecule has 20 heavy (non-hydrogen) atoms. The molecule has 0 amide bonds. The van der Waals surface area contributed by atoms with E-state index in [0.29, 0.717) is 18.4 Å². The van der Waals surface area contributed by atoms with Gasteiger partial charge >= 0.3 is 0 Å². The van der Waals surface area contributed by atoms with Crippen LogP contribution in [0.3, 0.4) is 0 Å². The van der Waals surface area contributed by atoms with Crippen LogP contribution in [-0.2, 0) is 12.8 Å². The van der Waals surface area contributed by atoms with Crippen LogP contribution in [-0.4, -0.2) is 11.7 Å². The average molecular weight is 297 g/mol. The lowest BCUT2D eigenvalue weighted by Gasteiger charge is -2.15. The van der Waals surface area contributed by atoms with Crippen LogP contribution in [0, 0.1) is 17.6 Å². The standard InChI is InChI=1S/C16H15ClF2O/c17-16-13(2-1-3-15(16)19)9-12(10-20)8-11-4-6-14(18)7-5-11/h1-7,12,20H,8-10H2. The van der Waals surface area contributed by atoms with Gasteiger partial charge < -0.3 is 5.11 Å². The molecule has 0 saturated heterocycles. The van der Waals surface area contributed by atoms with Gasteiger partial charge in [0.1, 0.15) is 11.6 Å². The molecular weight excluding hydrogens is 282 g/mol. The van der Waals surface area contributed by atoms with Gasteiger partial charge in [-0.25, -0.2) is 8.78 Å². The molecule has 0 spiro atoms. The van der Waals surface area contributed by atoms with Crippen molar-refractivity contribution in [1.82, 2.24) is 0 Å². The van der Waals surface area contributed by atoms with E-state index in [0.717, 1.165) is 5.56 Å². The van der Waals surface area contributed by atoms with Crippen LogP contribution in [0.2, 0.25) is 5.02 Å². The fourth-order valence-electron chi connectivity index (χ4n) is 2.17. The first-order valence-electron chi connectivity index (χ1n) is 6.38. The number of aliphatic hydroxyl groups excluding tert-OH is 1. The molecule has 1 N–H and O–H groups in total. The maximum atomic E-state index is 13.4. The van der Waals surface area contributed by atoms with Crippen LogP contribution in [0.15, 0.2) is 42.5 Å². The van der Waals surface area contributed by atoms with Crippen molar-refractivity contribution in [2.24, 2.45) is 5.92 Å². The SMILES string of the molecule is OCC(Cc1ccc(F)cc1)Cc1cccc(F)c1Cl. The van der Waals surface area contributed by atoms with Gasteiger partial charge in [0, 0.05) is 6.61 Å². The van der Waals surface area contributed by atoms with Gasteiger partial charge in [0.25, 0.3) is 0 Å². The summed E-state index contributed by atoms with van der Waals surface area (Å²) in [6.45, 7) is -0.0375. The van der Waals surface area contributed by atoms with E-state index in [1.54, 1.807) is 24.3 Å². The van der Waals surface area contributed by atoms with Crippen LogP contribution in [0.5, 0.6) is 0 Å². The Hall–Kier alpha value is -1.45. The molecule has 0 aliphatic heterocycles. The Bertz CT molecular complexity index is 569. The molecule has 0 saturated carbocycles. The summed E-state index contributed by atoms with van der Waals surface area (Å²) < 4.78 is 26.2. The molecule has 1 atom stereocenters. The molecule has 0 radical (unpaired) electrons. The molecule has 0 heterocycles. The zero-order valence-corrected chi connectivity index (χ0v) is 11.6. The predicted octanol–water partition coefficient (Wildman–Crippen LogP) is 4.01. The number of rotatable bonds is 5. The predicted molar refractivity (Wildman–Crippen MR) is 75.8 cm³/mol. The summed E-state index contributed by atoms with van der Waals surface area (Å²) in [5.41, 5.74) is 1.60. The van der Waals surface area contributed by atoms with E-state index < -0.39 is 5.82 Å². The molecule has 106 valence electrons. The molecule has 1 nitrogen and oxygen atoms in total. The van der Waals surface area contributed by atoms with Crippen LogP contribution in [0.4, 0.5) is 8.78 Å². The fraction of sp³-hybridized carbons (Fsp3) is 0.250. The topological polar surface area (TPSA) is 20.2 Å². The highest BCUT2D eigenvalue weighted by Crippen LogP contribution is 2.23. The second kappa shape index (κ2) is 6.82. The molecule has 1 unspecified atom stereocenters. The fourth-order valence-corrected chi connectivity index (χ4v) is 2.38. The molecule has 0 aromatic heterocycles. The highest BCUT2D eigenvalue weighted by atomic mass is 35.5. The second-order valence-electron chi connectivity index (χ2n) is 4.80. The molecule has 2 rings (SSSR count). The first-order chi connectivity index (χ1) is 9.60. The van der Waals surface area contributed by atoms with Crippen LogP contribution < -0.4 is 0 Å². The van der Waals surface area contributed by atoms with E-state index >= 15 is 0 Å². The average Bonchev–Trinajstić information content (AvgIpc) is 2.45. The first-order valence-corrected chi connectivity index (χ1v) is 6.76. The van der Waals surface area contributed by atoms with Gasteiger partial charge in [-0.15, -0.1) is 0 Å². The summed E-state index contributed by atoms with van der Waals surface area (Å²) in [6.07, 6.45) is 1.06. The summed E-state index contributed by atoms with van der Waals surface area (Å²) in [5, 5.41) is 9.55. The lowest BCUT2D eigenvalue weighted by atomic mass is 9.93. The summed E-state index contributed by atoms with van der Waals surface area (Å²) in [7, 11) is 0. The van der Waals surface area contributed by atoms with Crippen LogP contribution >= 0.6 is 11.6 Å². The van der Waals surface area contributed by atoms with Gasteiger partial charge in [0.2, 0.25) is 0 Å². The van der Waals surface area contributed by atoms with E-state index in [1.165, 1.54) is 18.2 Å². The van der Waals surface area contributed by atoms with Gasteiger partial charge in [-0.2, -0.15) is 0 Å². The summed E-state index contributed by atoms with van der Waals surface area (Å²) in [6, 6.07) is 10.8. The van der Waals surface area contributed by atoms with Crippen molar-refractivity contribution in [3.05, 3.63) is 70.2 Å². The number of hydrogen-bond donors (Lipinski definition) is 1. The maximum Gasteiger partial charge on any atom is 0.142 e. The number of benzene rings is 2. The Kier molecular flexibility index (Phi) is 5.10. The first kappa shape index (κ1) is 14.9. The minimum Gasteiger partial charge on any atom is -0.396 e. The van der Waals surface area contributed by atoms with E-state index in [9.17, 15) is 13.9 Å². The van der Waals surface area contributed by atoms with Crippen molar-refractivity contribution in [2.75, 3.05) is 6.61 Å². The third kappa shape index (κ3) is 3.78. The Morgan fingerprint density at radius 2 is 1.70 bits per heavy atom. The lowest BCUT2D eigenvalue weighted by molar-refractivity contribution is 0.225. The smallest absolute Gasteiger partial charge is 0.142 e. The van der Waals surface area contributed by atoms with Gasteiger partial charge in [-0.05, 0) is 48.1 Å². The van der Waals surface area contributed by atoms with E-state index in [2.05, 4.69) is 0 Å². The van der Waals surface area contributed by atoms with Crippen LogP contribution in [0.1, 0.15) is 11.1 Å². The van der Waals surface area contributed by atoms with Crippen molar-refractivity contribution >= 4 is 11.6 Å². The Balaban J connectivity index is 2.09. The molecule has 0 aliphatic rings. The summed E-state index contributed by atoms with van der Waals surface area (Å²) in [4.78, 5) is 0. The third-order valence-electron chi connectivity index (χ3n) is 3.24. The number of hydrogen-bond acceptors (Lipinski definition) is 1. The molecular formula is C16H15ClF2O. The molecule has 0 fully saturated rings. The van der Waals surface area contributed by atoms with E-state index in [-0.39, 0.29) is 23.4 Å². The Labute approximate surface area is 121 Å². The second-order valence-corrected chi connectivity index (χ2v) is 5.17. The quantitative estimate of drug-likeness (QED) is 0.884. The van der Waals surface area contributed by atoms with Crippen molar-refractivity contribution in [3.8, 4) is 0 Å². The zero-order chi connectivity index (χ0) is 14.5. The third-order valence-corrected chi connectivity index (χ3v) is 3.66. The summed E-state index contributed by atoms with van der Waals surface area (Å²) in [5.74, 6) is -0.829. The largest absolute Gasteiger partial charge is 0.396 e. The van der Waals surface area contributed by atoms with Crippen molar-refractivity contribution < 1.29 is 13.9 Å².